The van der Waals surface area contributed by atoms with E-state index in [1.807, 2.05) is 0 Å². The van der Waals surface area contributed by atoms with E-state index in [-0.39, 0.29) is 12.4 Å². The number of hydrogen-bond donors (Lipinski definition) is 0. The summed E-state index contributed by atoms with van der Waals surface area (Å²) < 4.78 is 4.48. The van der Waals surface area contributed by atoms with Crippen molar-refractivity contribution in [2.45, 2.75) is 6.42 Å². The molecule has 0 aliphatic rings. The minimum atomic E-state index is -0.359. The Labute approximate surface area is 76.3 Å². The van der Waals surface area contributed by atoms with E-state index in [0.717, 1.165) is 0 Å². The highest BCUT2D eigenvalue weighted by Gasteiger charge is 2.06. The van der Waals surface area contributed by atoms with Gasteiger partial charge < -0.3 is 4.74 Å². The molecule has 1 aromatic carbocycles. The van der Waals surface area contributed by atoms with E-state index in [1.165, 1.54) is 7.11 Å². The van der Waals surface area contributed by atoms with Crippen LogP contribution in [-0.2, 0) is 20.7 Å². The molecule has 3 nitrogen and oxygen atoms in total. The van der Waals surface area contributed by atoms with Crippen LogP contribution < -0.4 is 0 Å². The number of rotatable bonds is 3. The van der Waals surface area contributed by atoms with Crippen LogP contribution in [0.1, 0.15) is 11.1 Å². The molecule has 0 N–H and O–H groups in total. The first-order valence-electron chi connectivity index (χ1n) is 3.81. The van der Waals surface area contributed by atoms with Crippen LogP contribution in [-0.4, -0.2) is 19.4 Å². The lowest BCUT2D eigenvalue weighted by atomic mass is 10.1. The quantitative estimate of drug-likeness (QED) is 0.643. The summed E-state index contributed by atoms with van der Waals surface area (Å²) in [5.41, 5.74) is 1.05. The summed E-state index contributed by atoms with van der Waals surface area (Å²) in [7, 11) is 1.32. The van der Waals surface area contributed by atoms with E-state index in [2.05, 4.69) is 4.74 Å². The number of benzene rings is 1. The molecule has 0 amide bonds. The van der Waals surface area contributed by atoms with Gasteiger partial charge in [-0.25, -0.2) is 0 Å². The summed E-state index contributed by atoms with van der Waals surface area (Å²) in [4.78, 5) is 21.3. The fourth-order valence-corrected chi connectivity index (χ4v) is 1.00. The highest BCUT2D eigenvalue weighted by atomic mass is 16.5. The summed E-state index contributed by atoms with van der Waals surface area (Å²) in [6.45, 7) is 0. The first kappa shape index (κ1) is 9.45. The number of ether oxygens (including phenoxy) is 1. The average Bonchev–Trinajstić information content (AvgIpc) is 2.18. The largest absolute Gasteiger partial charge is 0.469 e. The Hall–Kier alpha value is -1.64. The van der Waals surface area contributed by atoms with Crippen LogP contribution in [0.5, 0.6) is 0 Å². The Balaban J connectivity index is 2.87. The molecule has 0 atom stereocenters. The SMILES string of the molecule is COC(=O)Cc1ccccc1[C]=O. The molecule has 0 aromatic heterocycles. The third kappa shape index (κ3) is 2.40. The van der Waals surface area contributed by atoms with Gasteiger partial charge in [0, 0.05) is 5.56 Å². The molecule has 0 fully saturated rings. The van der Waals surface area contributed by atoms with Crippen molar-refractivity contribution in [1.82, 2.24) is 0 Å². The van der Waals surface area contributed by atoms with Crippen LogP contribution in [0.2, 0.25) is 0 Å². The van der Waals surface area contributed by atoms with Gasteiger partial charge in [-0.05, 0) is 5.56 Å². The van der Waals surface area contributed by atoms with Gasteiger partial charge in [-0.3, -0.25) is 9.59 Å². The molecule has 0 aliphatic carbocycles. The van der Waals surface area contributed by atoms with Crippen LogP contribution in [0.3, 0.4) is 0 Å². The lowest BCUT2D eigenvalue weighted by Gasteiger charge is -2.01. The molecule has 13 heavy (non-hydrogen) atoms. The Bertz CT molecular complexity index is 318. The summed E-state index contributed by atoms with van der Waals surface area (Å²) in [6.07, 6.45) is 1.88. The molecular formula is C10H9O3. The molecule has 0 bridgehead atoms. The van der Waals surface area contributed by atoms with Crippen molar-refractivity contribution in [1.29, 1.82) is 0 Å². The van der Waals surface area contributed by atoms with Gasteiger partial charge in [0.15, 0.2) is 0 Å². The topological polar surface area (TPSA) is 43.4 Å². The van der Waals surface area contributed by atoms with Crippen LogP contribution in [0, 0.1) is 0 Å². The number of methoxy groups -OCH3 is 1. The maximum atomic E-state index is 10.9. The van der Waals surface area contributed by atoms with Crippen molar-refractivity contribution >= 4 is 12.3 Å². The van der Waals surface area contributed by atoms with E-state index in [4.69, 9.17) is 0 Å². The van der Waals surface area contributed by atoms with E-state index >= 15 is 0 Å². The molecule has 0 saturated heterocycles. The fourth-order valence-electron chi connectivity index (χ4n) is 1.00. The Morgan fingerprint density at radius 1 is 1.46 bits per heavy atom. The van der Waals surface area contributed by atoms with Gasteiger partial charge in [0.25, 0.3) is 0 Å². The van der Waals surface area contributed by atoms with Gasteiger partial charge in [0.05, 0.1) is 13.5 Å². The molecule has 0 saturated carbocycles. The maximum Gasteiger partial charge on any atom is 0.310 e. The van der Waals surface area contributed by atoms with Crippen LogP contribution >= 0.6 is 0 Å². The molecule has 1 aromatic rings. The lowest BCUT2D eigenvalue weighted by molar-refractivity contribution is -0.139. The van der Waals surface area contributed by atoms with E-state index in [1.54, 1.807) is 30.6 Å². The molecular weight excluding hydrogens is 168 g/mol. The third-order valence-electron chi connectivity index (χ3n) is 1.69. The Morgan fingerprint density at radius 2 is 2.15 bits per heavy atom. The van der Waals surface area contributed by atoms with E-state index in [0.29, 0.717) is 11.1 Å². The first-order valence-corrected chi connectivity index (χ1v) is 3.81. The monoisotopic (exact) mass is 177 g/mol. The van der Waals surface area contributed by atoms with Crippen molar-refractivity contribution in [3.8, 4) is 0 Å². The molecule has 67 valence electrons. The molecule has 1 rings (SSSR count). The highest BCUT2D eigenvalue weighted by molar-refractivity contribution is 5.81. The number of esters is 1. The van der Waals surface area contributed by atoms with Crippen molar-refractivity contribution in [3.05, 3.63) is 35.4 Å². The Kier molecular flexibility index (Phi) is 3.20. The summed E-state index contributed by atoms with van der Waals surface area (Å²) in [5, 5.41) is 0. The second-order valence-corrected chi connectivity index (χ2v) is 2.51. The van der Waals surface area contributed by atoms with Crippen molar-refractivity contribution < 1.29 is 14.3 Å². The molecule has 0 aliphatic heterocycles. The first-order chi connectivity index (χ1) is 6.27. The van der Waals surface area contributed by atoms with Crippen molar-refractivity contribution in [3.63, 3.8) is 0 Å². The zero-order valence-corrected chi connectivity index (χ0v) is 7.24. The second-order valence-electron chi connectivity index (χ2n) is 2.51. The minimum Gasteiger partial charge on any atom is -0.469 e. The standard InChI is InChI=1S/C10H9O3/c1-13-10(12)6-8-4-2-3-5-9(8)7-11/h2-5H,6H2,1H3. The third-order valence-corrected chi connectivity index (χ3v) is 1.69. The average molecular weight is 177 g/mol. The molecule has 0 heterocycles. The van der Waals surface area contributed by atoms with Gasteiger partial charge in [-0.2, -0.15) is 0 Å². The predicted octanol–water partition coefficient (Wildman–Crippen LogP) is 0.860. The van der Waals surface area contributed by atoms with E-state index in [9.17, 15) is 9.59 Å². The zero-order chi connectivity index (χ0) is 9.68. The fraction of sp³-hybridized carbons (Fsp3) is 0.200. The van der Waals surface area contributed by atoms with E-state index < -0.39 is 0 Å². The molecule has 0 spiro atoms. The number of carbonyl (C=O) groups is 1. The van der Waals surface area contributed by atoms with Crippen LogP contribution in [0.15, 0.2) is 24.3 Å². The highest BCUT2D eigenvalue weighted by Crippen LogP contribution is 2.07. The number of carbonyl (C=O) groups excluding carboxylic acids is 2. The van der Waals surface area contributed by atoms with Crippen molar-refractivity contribution in [2.75, 3.05) is 7.11 Å². The predicted molar refractivity (Wildman–Crippen MR) is 47.0 cm³/mol. The minimum absolute atomic E-state index is 0.113. The molecule has 1 radical (unpaired) electrons. The van der Waals surface area contributed by atoms with Gasteiger partial charge in [0.1, 0.15) is 0 Å². The second kappa shape index (κ2) is 4.40. The summed E-state index contributed by atoms with van der Waals surface area (Å²) in [6, 6.07) is 6.81. The van der Waals surface area contributed by atoms with Gasteiger partial charge in [0.2, 0.25) is 6.29 Å². The Morgan fingerprint density at radius 3 is 2.77 bits per heavy atom. The smallest absolute Gasteiger partial charge is 0.310 e. The summed E-state index contributed by atoms with van der Waals surface area (Å²) >= 11 is 0. The number of hydrogen-bond acceptors (Lipinski definition) is 3. The van der Waals surface area contributed by atoms with Gasteiger partial charge in [-0.15, -0.1) is 0 Å². The zero-order valence-electron chi connectivity index (χ0n) is 7.24. The normalized spacial score (nSPS) is 9.31. The molecule has 3 heteroatoms. The van der Waals surface area contributed by atoms with Crippen LogP contribution in [0.25, 0.3) is 0 Å². The van der Waals surface area contributed by atoms with Gasteiger partial charge >= 0.3 is 5.97 Å². The van der Waals surface area contributed by atoms with Gasteiger partial charge in [-0.1, -0.05) is 24.3 Å². The molecule has 0 unspecified atom stereocenters. The maximum absolute atomic E-state index is 10.9. The van der Waals surface area contributed by atoms with Crippen LogP contribution in [0.4, 0.5) is 0 Å². The lowest BCUT2D eigenvalue weighted by Crippen LogP contribution is -2.06. The van der Waals surface area contributed by atoms with Crippen molar-refractivity contribution in [2.24, 2.45) is 0 Å². The summed E-state index contributed by atoms with van der Waals surface area (Å²) in [5.74, 6) is -0.359.